The molecule has 7 heteroatoms. The summed E-state index contributed by atoms with van der Waals surface area (Å²) in [5.41, 5.74) is 3.47. The van der Waals surface area contributed by atoms with Crippen molar-refractivity contribution in [3.05, 3.63) is 47.2 Å². The Bertz CT molecular complexity index is 671. The largest absolute Gasteiger partial charge is 0.383 e. The number of aromatic amines is 1. The van der Waals surface area contributed by atoms with E-state index in [-0.39, 0.29) is 6.03 Å². The summed E-state index contributed by atoms with van der Waals surface area (Å²) in [6, 6.07) is 10.2. The zero-order valence-electron chi connectivity index (χ0n) is 13.8. The van der Waals surface area contributed by atoms with Crippen LogP contribution in [-0.2, 0) is 24.2 Å². The summed E-state index contributed by atoms with van der Waals surface area (Å²) in [6.45, 7) is 3.63. The molecule has 0 spiro atoms. The molecule has 0 unspecified atom stereocenters. The van der Waals surface area contributed by atoms with E-state index in [9.17, 15) is 4.79 Å². The molecule has 128 valence electrons. The minimum absolute atomic E-state index is 0.256. The standard InChI is InChI=1S/C17H23N5O2/c1-24-10-8-18-17(23)19-16-14-7-9-22(12-15(14)20-21-16)11-13-5-3-2-4-6-13/h2-6H,7-12H2,1H3,(H3,18,19,20,21,23). The van der Waals surface area contributed by atoms with Gasteiger partial charge in [0.15, 0.2) is 5.82 Å². The van der Waals surface area contributed by atoms with Gasteiger partial charge in [-0.25, -0.2) is 4.79 Å². The van der Waals surface area contributed by atoms with Gasteiger partial charge in [-0.15, -0.1) is 0 Å². The second-order valence-corrected chi connectivity index (χ2v) is 5.85. The van der Waals surface area contributed by atoms with E-state index in [1.807, 2.05) is 6.07 Å². The smallest absolute Gasteiger partial charge is 0.320 e. The Kier molecular flexibility index (Phi) is 5.45. The van der Waals surface area contributed by atoms with Crippen molar-refractivity contribution in [1.29, 1.82) is 0 Å². The second kappa shape index (κ2) is 7.94. The van der Waals surface area contributed by atoms with E-state index in [1.165, 1.54) is 5.56 Å². The number of urea groups is 1. The van der Waals surface area contributed by atoms with Crippen LogP contribution in [0.1, 0.15) is 16.8 Å². The number of ether oxygens (including phenoxy) is 1. The van der Waals surface area contributed by atoms with E-state index >= 15 is 0 Å². The van der Waals surface area contributed by atoms with Crippen molar-refractivity contribution in [2.75, 3.05) is 32.1 Å². The summed E-state index contributed by atoms with van der Waals surface area (Å²) in [6.07, 6.45) is 0.867. The molecule has 1 aromatic heterocycles. The Hall–Kier alpha value is -2.38. The molecule has 24 heavy (non-hydrogen) atoms. The fourth-order valence-electron chi connectivity index (χ4n) is 2.87. The minimum Gasteiger partial charge on any atom is -0.383 e. The molecule has 2 amide bonds. The molecule has 1 aromatic carbocycles. The molecule has 7 nitrogen and oxygen atoms in total. The molecular weight excluding hydrogens is 306 g/mol. The Labute approximate surface area is 141 Å². The van der Waals surface area contributed by atoms with Gasteiger partial charge < -0.3 is 10.1 Å². The molecule has 0 saturated carbocycles. The van der Waals surface area contributed by atoms with Gasteiger partial charge in [-0.3, -0.25) is 15.3 Å². The third kappa shape index (κ3) is 4.12. The van der Waals surface area contributed by atoms with E-state index in [2.05, 4.69) is 50.0 Å². The zero-order valence-corrected chi connectivity index (χ0v) is 13.8. The lowest BCUT2D eigenvalue weighted by Gasteiger charge is -2.26. The van der Waals surface area contributed by atoms with E-state index in [4.69, 9.17) is 4.74 Å². The summed E-state index contributed by atoms with van der Waals surface area (Å²) in [5.74, 6) is 0.624. The lowest BCUT2D eigenvalue weighted by molar-refractivity contribution is 0.198. The van der Waals surface area contributed by atoms with Crippen LogP contribution in [0.4, 0.5) is 10.6 Å². The summed E-state index contributed by atoms with van der Waals surface area (Å²) in [5, 5.41) is 12.8. The van der Waals surface area contributed by atoms with Crippen molar-refractivity contribution in [1.82, 2.24) is 20.4 Å². The van der Waals surface area contributed by atoms with Crippen LogP contribution >= 0.6 is 0 Å². The van der Waals surface area contributed by atoms with Crippen LogP contribution in [0.25, 0.3) is 0 Å². The first-order valence-corrected chi connectivity index (χ1v) is 8.12. The van der Waals surface area contributed by atoms with Crippen molar-refractivity contribution in [2.45, 2.75) is 19.5 Å². The lowest BCUT2D eigenvalue weighted by atomic mass is 10.1. The highest BCUT2D eigenvalue weighted by Crippen LogP contribution is 2.24. The van der Waals surface area contributed by atoms with Gasteiger partial charge in [0.2, 0.25) is 0 Å². The molecule has 2 aromatic rings. The number of aromatic nitrogens is 2. The maximum Gasteiger partial charge on any atom is 0.320 e. The predicted octanol–water partition coefficient (Wildman–Crippen LogP) is 1.74. The maximum absolute atomic E-state index is 11.8. The first-order valence-electron chi connectivity index (χ1n) is 8.12. The second-order valence-electron chi connectivity index (χ2n) is 5.85. The Morgan fingerprint density at radius 3 is 3.00 bits per heavy atom. The molecule has 1 aliphatic rings. The number of amides is 2. The number of H-pyrrole nitrogens is 1. The number of hydrogen-bond donors (Lipinski definition) is 3. The predicted molar refractivity (Wildman–Crippen MR) is 91.7 cm³/mol. The number of carbonyl (C=O) groups excluding carboxylic acids is 1. The number of carbonyl (C=O) groups is 1. The fraction of sp³-hybridized carbons (Fsp3) is 0.412. The highest BCUT2D eigenvalue weighted by Gasteiger charge is 2.22. The third-order valence-electron chi connectivity index (χ3n) is 4.09. The van der Waals surface area contributed by atoms with Crippen molar-refractivity contribution in [2.24, 2.45) is 0 Å². The molecule has 0 saturated heterocycles. The van der Waals surface area contributed by atoms with E-state index in [0.29, 0.717) is 19.0 Å². The van der Waals surface area contributed by atoms with E-state index in [1.54, 1.807) is 7.11 Å². The number of anilines is 1. The quantitative estimate of drug-likeness (QED) is 0.705. The van der Waals surface area contributed by atoms with Gasteiger partial charge in [-0.05, 0) is 12.0 Å². The van der Waals surface area contributed by atoms with Crippen LogP contribution in [-0.4, -0.2) is 47.9 Å². The summed E-state index contributed by atoms with van der Waals surface area (Å²) in [7, 11) is 1.60. The van der Waals surface area contributed by atoms with Crippen LogP contribution in [0.3, 0.4) is 0 Å². The monoisotopic (exact) mass is 329 g/mol. The van der Waals surface area contributed by atoms with E-state index in [0.717, 1.165) is 37.3 Å². The van der Waals surface area contributed by atoms with Gasteiger partial charge in [0, 0.05) is 38.9 Å². The van der Waals surface area contributed by atoms with Crippen LogP contribution in [0.5, 0.6) is 0 Å². The molecule has 1 aliphatic heterocycles. The summed E-state index contributed by atoms with van der Waals surface area (Å²) in [4.78, 5) is 14.2. The van der Waals surface area contributed by atoms with Gasteiger partial charge in [-0.1, -0.05) is 30.3 Å². The average molecular weight is 329 g/mol. The summed E-state index contributed by atoms with van der Waals surface area (Å²) >= 11 is 0. The number of methoxy groups -OCH3 is 1. The number of hydrogen-bond acceptors (Lipinski definition) is 4. The number of nitrogens with zero attached hydrogens (tertiary/aromatic N) is 2. The fourth-order valence-corrected chi connectivity index (χ4v) is 2.87. The highest BCUT2D eigenvalue weighted by molar-refractivity contribution is 5.89. The molecule has 2 heterocycles. The topological polar surface area (TPSA) is 82.3 Å². The Balaban J connectivity index is 1.57. The molecule has 0 fully saturated rings. The van der Waals surface area contributed by atoms with E-state index < -0.39 is 0 Å². The van der Waals surface area contributed by atoms with Gasteiger partial charge in [-0.2, -0.15) is 5.10 Å². The Morgan fingerprint density at radius 2 is 2.21 bits per heavy atom. The van der Waals surface area contributed by atoms with Crippen molar-refractivity contribution in [3.8, 4) is 0 Å². The molecule has 3 N–H and O–H groups in total. The molecule has 0 bridgehead atoms. The molecule has 0 aliphatic carbocycles. The summed E-state index contributed by atoms with van der Waals surface area (Å²) < 4.78 is 4.91. The molecular formula is C17H23N5O2. The first kappa shape index (κ1) is 16.5. The first-order chi connectivity index (χ1) is 11.8. The van der Waals surface area contributed by atoms with Crippen molar-refractivity contribution < 1.29 is 9.53 Å². The maximum atomic E-state index is 11.8. The number of benzene rings is 1. The van der Waals surface area contributed by atoms with Crippen molar-refractivity contribution >= 4 is 11.8 Å². The van der Waals surface area contributed by atoms with Crippen LogP contribution in [0.2, 0.25) is 0 Å². The van der Waals surface area contributed by atoms with Crippen molar-refractivity contribution in [3.63, 3.8) is 0 Å². The average Bonchev–Trinajstić information content (AvgIpc) is 2.98. The third-order valence-corrected chi connectivity index (χ3v) is 4.09. The van der Waals surface area contributed by atoms with Crippen LogP contribution in [0, 0.1) is 0 Å². The number of nitrogens with one attached hydrogen (secondary N) is 3. The molecule has 3 rings (SSSR count). The van der Waals surface area contributed by atoms with Crippen LogP contribution in [0.15, 0.2) is 30.3 Å². The van der Waals surface area contributed by atoms with Crippen LogP contribution < -0.4 is 10.6 Å². The van der Waals surface area contributed by atoms with Gasteiger partial charge in [0.1, 0.15) is 0 Å². The minimum atomic E-state index is -0.256. The molecule has 0 radical (unpaired) electrons. The van der Waals surface area contributed by atoms with Gasteiger partial charge in [0.05, 0.1) is 12.3 Å². The van der Waals surface area contributed by atoms with Gasteiger partial charge >= 0.3 is 6.03 Å². The lowest BCUT2D eigenvalue weighted by Crippen LogP contribution is -2.33. The SMILES string of the molecule is COCCNC(=O)Nc1n[nH]c2c1CCN(Cc1ccccc1)C2. The zero-order chi connectivity index (χ0) is 16.8. The number of rotatable bonds is 6. The number of fused-ring (bicyclic) bond motifs is 1. The molecule has 0 atom stereocenters. The Morgan fingerprint density at radius 1 is 1.38 bits per heavy atom. The highest BCUT2D eigenvalue weighted by atomic mass is 16.5. The normalized spacial score (nSPS) is 14.2. The van der Waals surface area contributed by atoms with Gasteiger partial charge in [0.25, 0.3) is 0 Å².